The van der Waals surface area contributed by atoms with Gasteiger partial charge >= 0.3 is 6.09 Å². The van der Waals surface area contributed by atoms with E-state index in [1.807, 2.05) is 20.8 Å². The van der Waals surface area contributed by atoms with Crippen molar-refractivity contribution >= 4 is 36.0 Å². The van der Waals surface area contributed by atoms with Crippen LogP contribution >= 0.6 is 24.0 Å². The number of rotatable bonds is 5. The zero-order valence-electron chi connectivity index (χ0n) is 18.0. The Morgan fingerprint density at radius 2 is 2.00 bits per heavy atom. The molecule has 2 fully saturated rings. The van der Waals surface area contributed by atoms with Crippen LogP contribution in [0.4, 0.5) is 4.79 Å². The van der Waals surface area contributed by atoms with E-state index in [4.69, 9.17) is 9.73 Å². The summed E-state index contributed by atoms with van der Waals surface area (Å²) in [5, 5.41) is 6.39. The SMILES string of the molecule is CCNC(=NCC1CC1c1ccccc1)N1CCC(NC(=O)OC(C)(C)C)C1.I. The maximum Gasteiger partial charge on any atom is 0.407 e. The number of hydrogen-bond donors (Lipinski definition) is 2. The number of ether oxygens (including phenoxy) is 1. The van der Waals surface area contributed by atoms with E-state index in [2.05, 4.69) is 52.8 Å². The van der Waals surface area contributed by atoms with Crippen molar-refractivity contribution in [1.82, 2.24) is 15.5 Å². The Bertz CT molecular complexity index is 690. The summed E-state index contributed by atoms with van der Waals surface area (Å²) in [6, 6.07) is 10.8. The molecule has 0 spiro atoms. The molecule has 1 aliphatic carbocycles. The largest absolute Gasteiger partial charge is 0.444 e. The molecule has 1 amide bonds. The van der Waals surface area contributed by atoms with E-state index in [9.17, 15) is 4.79 Å². The van der Waals surface area contributed by atoms with Crippen molar-refractivity contribution in [2.24, 2.45) is 10.9 Å². The third kappa shape index (κ3) is 7.35. The van der Waals surface area contributed by atoms with Gasteiger partial charge in [-0.05, 0) is 57.9 Å². The third-order valence-corrected chi connectivity index (χ3v) is 5.17. The highest BCUT2D eigenvalue weighted by Crippen LogP contribution is 2.47. The Kier molecular flexibility index (Phi) is 8.60. The average molecular weight is 514 g/mol. The Hall–Kier alpha value is -1.51. The number of hydrogen-bond acceptors (Lipinski definition) is 3. The molecule has 1 aromatic carbocycles. The maximum absolute atomic E-state index is 12.0. The van der Waals surface area contributed by atoms with Crippen LogP contribution in [0.25, 0.3) is 0 Å². The first-order chi connectivity index (χ1) is 13.4. The molecule has 6 nitrogen and oxygen atoms in total. The fourth-order valence-electron chi connectivity index (χ4n) is 3.73. The number of guanidine groups is 1. The number of likely N-dealkylation sites (tertiary alicyclic amines) is 1. The first-order valence-electron chi connectivity index (χ1n) is 10.4. The smallest absolute Gasteiger partial charge is 0.407 e. The molecule has 0 bridgehead atoms. The monoisotopic (exact) mass is 514 g/mol. The zero-order chi connectivity index (χ0) is 20.1. The van der Waals surface area contributed by atoms with Crippen LogP contribution in [0.5, 0.6) is 0 Å². The van der Waals surface area contributed by atoms with Crippen molar-refractivity contribution in [3.05, 3.63) is 35.9 Å². The summed E-state index contributed by atoms with van der Waals surface area (Å²) >= 11 is 0. The van der Waals surface area contributed by atoms with Gasteiger partial charge in [-0.15, -0.1) is 24.0 Å². The van der Waals surface area contributed by atoms with Crippen LogP contribution in [0.3, 0.4) is 0 Å². The molecule has 3 atom stereocenters. The fourth-order valence-corrected chi connectivity index (χ4v) is 3.73. The molecule has 0 aromatic heterocycles. The number of benzene rings is 1. The topological polar surface area (TPSA) is 66.0 Å². The molecular formula is C22H35IN4O2. The lowest BCUT2D eigenvalue weighted by Crippen LogP contribution is -2.44. The van der Waals surface area contributed by atoms with Crippen LogP contribution in [-0.4, -0.2) is 54.8 Å². The van der Waals surface area contributed by atoms with Crippen LogP contribution in [0.1, 0.15) is 52.0 Å². The van der Waals surface area contributed by atoms with Gasteiger partial charge in [0.05, 0.1) is 6.04 Å². The summed E-state index contributed by atoms with van der Waals surface area (Å²) in [4.78, 5) is 19.1. The number of carbonyl (C=O) groups is 1. The van der Waals surface area contributed by atoms with Gasteiger partial charge in [0.25, 0.3) is 0 Å². The van der Waals surface area contributed by atoms with E-state index in [1.54, 1.807) is 0 Å². The number of nitrogens with one attached hydrogen (secondary N) is 2. The number of nitrogens with zero attached hydrogens (tertiary/aromatic N) is 2. The van der Waals surface area contributed by atoms with Crippen molar-refractivity contribution in [1.29, 1.82) is 0 Å². The van der Waals surface area contributed by atoms with E-state index >= 15 is 0 Å². The molecule has 1 saturated carbocycles. The van der Waals surface area contributed by atoms with Crippen LogP contribution < -0.4 is 10.6 Å². The van der Waals surface area contributed by atoms with Crippen LogP contribution in [0, 0.1) is 5.92 Å². The minimum absolute atomic E-state index is 0. The number of halogens is 1. The van der Waals surface area contributed by atoms with Gasteiger partial charge in [0.15, 0.2) is 5.96 Å². The van der Waals surface area contributed by atoms with Gasteiger partial charge in [-0.2, -0.15) is 0 Å². The molecule has 7 heteroatoms. The molecule has 3 unspecified atom stereocenters. The second-order valence-corrected chi connectivity index (χ2v) is 8.79. The second-order valence-electron chi connectivity index (χ2n) is 8.79. The molecule has 1 saturated heterocycles. The first-order valence-corrected chi connectivity index (χ1v) is 10.4. The highest BCUT2D eigenvalue weighted by atomic mass is 127. The molecule has 162 valence electrons. The molecule has 3 rings (SSSR count). The summed E-state index contributed by atoms with van der Waals surface area (Å²) in [5.41, 5.74) is 0.952. The van der Waals surface area contributed by atoms with Gasteiger partial charge in [-0.1, -0.05) is 30.3 Å². The van der Waals surface area contributed by atoms with E-state index in [-0.39, 0.29) is 36.1 Å². The lowest BCUT2D eigenvalue weighted by atomic mass is 10.1. The average Bonchev–Trinajstić information content (AvgIpc) is 3.27. The summed E-state index contributed by atoms with van der Waals surface area (Å²) in [6.45, 7) is 11.1. The standard InChI is InChI=1S/C22H34N4O2.HI/c1-5-23-20(24-14-17-13-19(17)16-9-7-6-8-10-16)26-12-11-18(15-26)25-21(27)28-22(2,3)4;/h6-10,17-19H,5,11-15H2,1-4H3,(H,23,24)(H,25,27);1H. The predicted octanol–water partition coefficient (Wildman–Crippen LogP) is 3.97. The molecule has 1 heterocycles. The van der Waals surface area contributed by atoms with Gasteiger partial charge in [-0.25, -0.2) is 4.79 Å². The van der Waals surface area contributed by atoms with E-state index in [0.717, 1.165) is 38.6 Å². The Labute approximate surface area is 191 Å². The highest BCUT2D eigenvalue weighted by molar-refractivity contribution is 14.0. The normalized spacial score (nSPS) is 23.9. The summed E-state index contributed by atoms with van der Waals surface area (Å²) in [7, 11) is 0. The minimum atomic E-state index is -0.474. The van der Waals surface area contributed by atoms with Crippen LogP contribution in [0.15, 0.2) is 35.3 Å². The second kappa shape index (κ2) is 10.5. The van der Waals surface area contributed by atoms with E-state index in [0.29, 0.717) is 11.8 Å². The molecular weight excluding hydrogens is 479 g/mol. The maximum atomic E-state index is 12.0. The Balaban J connectivity index is 0.00000300. The highest BCUT2D eigenvalue weighted by Gasteiger charge is 2.38. The predicted molar refractivity (Wildman–Crippen MR) is 128 cm³/mol. The summed E-state index contributed by atoms with van der Waals surface area (Å²) in [5.74, 6) is 2.23. The van der Waals surface area contributed by atoms with Gasteiger partial charge in [0.2, 0.25) is 0 Å². The van der Waals surface area contributed by atoms with E-state index < -0.39 is 5.60 Å². The zero-order valence-corrected chi connectivity index (χ0v) is 20.3. The molecule has 1 aromatic rings. The van der Waals surface area contributed by atoms with Crippen molar-refractivity contribution in [3.63, 3.8) is 0 Å². The van der Waals surface area contributed by atoms with Gasteiger partial charge in [0, 0.05) is 26.2 Å². The van der Waals surface area contributed by atoms with Crippen LogP contribution in [0.2, 0.25) is 0 Å². The molecule has 2 N–H and O–H groups in total. The molecule has 2 aliphatic rings. The quantitative estimate of drug-likeness (QED) is 0.355. The first kappa shape index (κ1) is 23.8. The number of aliphatic imine (C=N–C) groups is 1. The fraction of sp³-hybridized carbons (Fsp3) is 0.636. The van der Waals surface area contributed by atoms with Crippen molar-refractivity contribution in [2.45, 2.75) is 58.1 Å². The van der Waals surface area contributed by atoms with Crippen molar-refractivity contribution in [2.75, 3.05) is 26.2 Å². The van der Waals surface area contributed by atoms with Crippen molar-refractivity contribution in [3.8, 4) is 0 Å². The number of alkyl carbamates (subject to hydrolysis) is 1. The molecule has 29 heavy (non-hydrogen) atoms. The van der Waals surface area contributed by atoms with Gasteiger partial charge in [-0.3, -0.25) is 4.99 Å². The van der Waals surface area contributed by atoms with E-state index in [1.165, 1.54) is 12.0 Å². The molecule has 0 radical (unpaired) electrons. The minimum Gasteiger partial charge on any atom is -0.444 e. The Morgan fingerprint density at radius 3 is 2.66 bits per heavy atom. The Morgan fingerprint density at radius 1 is 1.28 bits per heavy atom. The summed E-state index contributed by atoms with van der Waals surface area (Å²) in [6.07, 6.45) is 1.78. The van der Waals surface area contributed by atoms with Gasteiger partial charge < -0.3 is 20.3 Å². The number of carbonyl (C=O) groups excluding carboxylic acids is 1. The van der Waals surface area contributed by atoms with Crippen LogP contribution in [-0.2, 0) is 4.74 Å². The number of amides is 1. The lowest BCUT2D eigenvalue weighted by molar-refractivity contribution is 0.0507. The van der Waals surface area contributed by atoms with Gasteiger partial charge in [0.1, 0.15) is 5.60 Å². The lowest BCUT2D eigenvalue weighted by Gasteiger charge is -2.23. The van der Waals surface area contributed by atoms with Crippen molar-refractivity contribution < 1.29 is 9.53 Å². The third-order valence-electron chi connectivity index (χ3n) is 5.17. The molecule has 1 aliphatic heterocycles. The summed E-state index contributed by atoms with van der Waals surface area (Å²) < 4.78 is 5.37.